The smallest absolute Gasteiger partial charge is 0.181 e. The molecule has 0 unspecified atom stereocenters. The Bertz CT molecular complexity index is 455. The van der Waals surface area contributed by atoms with E-state index in [4.69, 9.17) is 4.42 Å². The second-order valence-corrected chi connectivity index (χ2v) is 4.02. The Morgan fingerprint density at radius 3 is 3.00 bits per heavy atom. The van der Waals surface area contributed by atoms with E-state index >= 15 is 0 Å². The number of rotatable bonds is 3. The number of anilines is 1. The van der Waals surface area contributed by atoms with Gasteiger partial charge in [-0.25, -0.2) is 4.98 Å². The van der Waals surface area contributed by atoms with Crippen LogP contribution in [0.1, 0.15) is 11.5 Å². The molecule has 2 aromatic rings. The molecule has 2 rings (SSSR count). The molecule has 0 atom stereocenters. The quantitative estimate of drug-likeness (QED) is 0.929. The summed E-state index contributed by atoms with van der Waals surface area (Å²) in [6.45, 7) is 2.53. The summed E-state index contributed by atoms with van der Waals surface area (Å²) in [4.78, 5) is 8.15. The second kappa shape index (κ2) is 4.44. The van der Waals surface area contributed by atoms with Crippen LogP contribution in [0, 0.1) is 6.92 Å². The fraction of sp³-hybridized carbons (Fsp3) is 0.200. The van der Waals surface area contributed by atoms with E-state index in [9.17, 15) is 0 Å². The first kappa shape index (κ1) is 10.2. The van der Waals surface area contributed by atoms with Gasteiger partial charge >= 0.3 is 0 Å². The van der Waals surface area contributed by atoms with Gasteiger partial charge in [0.25, 0.3) is 0 Å². The van der Waals surface area contributed by atoms with Crippen molar-refractivity contribution < 1.29 is 4.42 Å². The molecule has 2 heterocycles. The van der Waals surface area contributed by atoms with Gasteiger partial charge in [-0.05, 0) is 28.9 Å². The first-order valence-electron chi connectivity index (χ1n) is 4.49. The maximum absolute atomic E-state index is 5.10. The van der Waals surface area contributed by atoms with Crippen molar-refractivity contribution >= 4 is 21.6 Å². The molecule has 2 aromatic heterocycles. The molecule has 0 bridgehead atoms. The fourth-order valence-corrected chi connectivity index (χ4v) is 1.56. The van der Waals surface area contributed by atoms with Crippen LogP contribution < -0.4 is 5.32 Å². The van der Waals surface area contributed by atoms with Crippen molar-refractivity contribution in [2.24, 2.45) is 0 Å². The molecule has 4 nitrogen and oxygen atoms in total. The summed E-state index contributed by atoms with van der Waals surface area (Å²) in [6.07, 6.45) is 4.96. The molecule has 15 heavy (non-hydrogen) atoms. The lowest BCUT2D eigenvalue weighted by Gasteiger charge is -2.04. The summed E-state index contributed by atoms with van der Waals surface area (Å²) in [5.74, 6) is 0.838. The van der Waals surface area contributed by atoms with Gasteiger partial charge in [-0.2, -0.15) is 0 Å². The summed E-state index contributed by atoms with van der Waals surface area (Å²) in [6, 6.07) is 1.96. The first-order valence-corrected chi connectivity index (χ1v) is 5.28. The molecule has 1 N–H and O–H groups in total. The molecule has 0 amide bonds. The first-order chi connectivity index (χ1) is 7.25. The van der Waals surface area contributed by atoms with Crippen LogP contribution in [0.2, 0.25) is 0 Å². The molecule has 0 aliphatic carbocycles. The van der Waals surface area contributed by atoms with E-state index in [0.717, 1.165) is 21.6 Å². The van der Waals surface area contributed by atoms with Crippen LogP contribution in [0.3, 0.4) is 0 Å². The standard InChI is InChI=1S/C10H10BrN3O/c1-7-10(14-6-15-7)5-13-9-2-8(11)3-12-4-9/h2-4,6,13H,5H2,1H3. The molecule has 0 spiro atoms. The topological polar surface area (TPSA) is 51.0 Å². The maximum atomic E-state index is 5.10. The van der Waals surface area contributed by atoms with Gasteiger partial charge < -0.3 is 9.73 Å². The number of hydrogen-bond acceptors (Lipinski definition) is 4. The predicted octanol–water partition coefficient (Wildman–Crippen LogP) is 2.75. The molecule has 0 fully saturated rings. The Labute approximate surface area is 95.9 Å². The Hall–Kier alpha value is -1.36. The van der Waals surface area contributed by atoms with Gasteiger partial charge in [0, 0.05) is 10.7 Å². The SMILES string of the molecule is Cc1ocnc1CNc1cncc(Br)c1. The molecule has 0 saturated carbocycles. The monoisotopic (exact) mass is 267 g/mol. The lowest BCUT2D eigenvalue weighted by Crippen LogP contribution is -2.01. The minimum atomic E-state index is 0.639. The third-order valence-corrected chi connectivity index (χ3v) is 2.44. The number of pyridine rings is 1. The number of aryl methyl sites for hydroxylation is 1. The van der Waals surface area contributed by atoms with Gasteiger partial charge in [-0.1, -0.05) is 0 Å². The lowest BCUT2D eigenvalue weighted by molar-refractivity contribution is 0.524. The molecule has 5 heteroatoms. The van der Waals surface area contributed by atoms with Crippen LogP contribution in [0.25, 0.3) is 0 Å². The average Bonchev–Trinajstić information content (AvgIpc) is 2.61. The number of oxazole rings is 1. The molecule has 0 aliphatic heterocycles. The third-order valence-electron chi connectivity index (χ3n) is 2.01. The Morgan fingerprint density at radius 1 is 1.47 bits per heavy atom. The number of hydrogen-bond donors (Lipinski definition) is 1. The van der Waals surface area contributed by atoms with Crippen molar-refractivity contribution in [3.63, 3.8) is 0 Å². The van der Waals surface area contributed by atoms with Crippen LogP contribution in [0.4, 0.5) is 5.69 Å². The van der Waals surface area contributed by atoms with E-state index in [2.05, 4.69) is 31.2 Å². The Morgan fingerprint density at radius 2 is 2.33 bits per heavy atom. The van der Waals surface area contributed by atoms with Gasteiger partial charge in [0.15, 0.2) is 6.39 Å². The van der Waals surface area contributed by atoms with E-state index in [0.29, 0.717) is 6.54 Å². The van der Waals surface area contributed by atoms with Crippen LogP contribution >= 0.6 is 15.9 Å². The van der Waals surface area contributed by atoms with Crippen LogP contribution in [0.15, 0.2) is 33.7 Å². The predicted molar refractivity (Wildman–Crippen MR) is 60.5 cm³/mol. The van der Waals surface area contributed by atoms with E-state index in [1.807, 2.05) is 13.0 Å². The molecular weight excluding hydrogens is 258 g/mol. The summed E-state index contributed by atoms with van der Waals surface area (Å²) >= 11 is 3.36. The minimum Gasteiger partial charge on any atom is -0.448 e. The Balaban J connectivity index is 2.02. The van der Waals surface area contributed by atoms with E-state index in [1.165, 1.54) is 6.39 Å². The second-order valence-electron chi connectivity index (χ2n) is 3.10. The van der Waals surface area contributed by atoms with Crippen molar-refractivity contribution in [3.8, 4) is 0 Å². The van der Waals surface area contributed by atoms with Gasteiger partial charge in [-0.15, -0.1) is 0 Å². The Kier molecular flexibility index (Phi) is 3.01. The van der Waals surface area contributed by atoms with Crippen molar-refractivity contribution in [1.82, 2.24) is 9.97 Å². The fourth-order valence-electron chi connectivity index (χ4n) is 1.19. The molecule has 0 radical (unpaired) electrons. The van der Waals surface area contributed by atoms with Crippen molar-refractivity contribution in [1.29, 1.82) is 0 Å². The summed E-state index contributed by atoms with van der Waals surface area (Å²) in [5.41, 5.74) is 1.86. The molecule has 78 valence electrons. The lowest BCUT2D eigenvalue weighted by atomic mass is 10.3. The largest absolute Gasteiger partial charge is 0.448 e. The van der Waals surface area contributed by atoms with Crippen molar-refractivity contribution in [2.75, 3.05) is 5.32 Å². The molecule has 0 aromatic carbocycles. The van der Waals surface area contributed by atoms with Crippen LogP contribution in [-0.2, 0) is 6.54 Å². The molecule has 0 aliphatic rings. The normalized spacial score (nSPS) is 10.3. The highest BCUT2D eigenvalue weighted by atomic mass is 79.9. The highest BCUT2D eigenvalue weighted by Gasteiger charge is 2.02. The highest BCUT2D eigenvalue weighted by molar-refractivity contribution is 9.10. The van der Waals surface area contributed by atoms with Gasteiger partial charge in [0.05, 0.1) is 18.4 Å². The molecule has 0 saturated heterocycles. The van der Waals surface area contributed by atoms with Crippen molar-refractivity contribution in [3.05, 3.63) is 40.8 Å². The van der Waals surface area contributed by atoms with Crippen molar-refractivity contribution in [2.45, 2.75) is 13.5 Å². The summed E-state index contributed by atoms with van der Waals surface area (Å²) in [5, 5.41) is 3.21. The van der Waals surface area contributed by atoms with E-state index in [1.54, 1.807) is 12.4 Å². The number of nitrogens with one attached hydrogen (secondary N) is 1. The zero-order chi connectivity index (χ0) is 10.7. The van der Waals surface area contributed by atoms with E-state index in [-0.39, 0.29) is 0 Å². The number of aromatic nitrogens is 2. The summed E-state index contributed by atoms with van der Waals surface area (Å²) in [7, 11) is 0. The highest BCUT2D eigenvalue weighted by Crippen LogP contribution is 2.15. The third kappa shape index (κ3) is 2.56. The van der Waals surface area contributed by atoms with Gasteiger partial charge in [-0.3, -0.25) is 4.98 Å². The van der Waals surface area contributed by atoms with E-state index < -0.39 is 0 Å². The van der Waals surface area contributed by atoms with Crippen LogP contribution in [0.5, 0.6) is 0 Å². The summed E-state index contributed by atoms with van der Waals surface area (Å²) < 4.78 is 6.05. The minimum absolute atomic E-state index is 0.639. The maximum Gasteiger partial charge on any atom is 0.181 e. The number of nitrogens with zero attached hydrogens (tertiary/aromatic N) is 2. The van der Waals surface area contributed by atoms with Gasteiger partial charge in [0.2, 0.25) is 0 Å². The average molecular weight is 268 g/mol. The zero-order valence-electron chi connectivity index (χ0n) is 8.20. The number of halogens is 1. The van der Waals surface area contributed by atoms with Crippen LogP contribution in [-0.4, -0.2) is 9.97 Å². The zero-order valence-corrected chi connectivity index (χ0v) is 9.78. The molecular formula is C10H10BrN3O. The van der Waals surface area contributed by atoms with Gasteiger partial charge in [0.1, 0.15) is 11.5 Å².